The number of rotatable bonds is 6. The van der Waals surface area contributed by atoms with Crippen LogP contribution in [0.2, 0.25) is 0 Å². The second-order valence-electron chi connectivity index (χ2n) is 3.58. The third-order valence-electron chi connectivity index (χ3n) is 2.37. The molecule has 0 aromatic heterocycles. The van der Waals surface area contributed by atoms with E-state index >= 15 is 0 Å². The van der Waals surface area contributed by atoms with Gasteiger partial charge in [-0.25, -0.2) is 0 Å². The number of likely N-dealkylation sites (tertiary alicyclic amines) is 1. The molecule has 1 fully saturated rings. The molecule has 13 heavy (non-hydrogen) atoms. The van der Waals surface area contributed by atoms with Crippen molar-refractivity contribution in [2.75, 3.05) is 44.7 Å². The molecular weight excluding hydrogens is 184 g/mol. The van der Waals surface area contributed by atoms with Gasteiger partial charge in [0.05, 0.1) is 0 Å². The van der Waals surface area contributed by atoms with Crippen LogP contribution in [0.5, 0.6) is 0 Å². The Morgan fingerprint density at radius 3 is 2.62 bits per heavy atom. The van der Waals surface area contributed by atoms with Gasteiger partial charge in [-0.15, -0.1) is 0 Å². The van der Waals surface area contributed by atoms with Crippen molar-refractivity contribution in [3.63, 3.8) is 0 Å². The third-order valence-corrected chi connectivity index (χ3v) is 3.15. The van der Waals surface area contributed by atoms with Crippen LogP contribution in [0.25, 0.3) is 0 Å². The monoisotopic (exact) mass is 204 g/mol. The Bertz CT molecular complexity index is 158. The lowest BCUT2D eigenvalue weighted by Gasteiger charge is -2.14. The molecule has 0 spiro atoms. The first kappa shape index (κ1) is 11.1. The maximum absolute atomic E-state index is 10.7. The van der Waals surface area contributed by atoms with Gasteiger partial charge in [0.2, 0.25) is 0 Å². The van der Waals surface area contributed by atoms with Crippen molar-refractivity contribution in [3.8, 4) is 0 Å². The molecular formula is C9H20N2OS. The maximum Gasteiger partial charge on any atom is 0.0357 e. The molecule has 1 aliphatic heterocycles. The lowest BCUT2D eigenvalue weighted by Crippen LogP contribution is -2.31. The largest absolute Gasteiger partial charge is 0.315 e. The van der Waals surface area contributed by atoms with Gasteiger partial charge in [0.15, 0.2) is 0 Å². The lowest BCUT2D eigenvalue weighted by atomic mass is 10.4. The predicted molar refractivity (Wildman–Crippen MR) is 57.5 cm³/mol. The van der Waals surface area contributed by atoms with Crippen LogP contribution in [0.3, 0.4) is 0 Å². The molecule has 0 aromatic rings. The highest BCUT2D eigenvalue weighted by molar-refractivity contribution is 7.84. The van der Waals surface area contributed by atoms with Crippen molar-refractivity contribution in [1.82, 2.24) is 10.2 Å². The molecule has 1 aliphatic rings. The first-order valence-corrected chi connectivity index (χ1v) is 6.75. The van der Waals surface area contributed by atoms with Crippen LogP contribution in [0, 0.1) is 0 Å². The normalized spacial score (nSPS) is 20.7. The summed E-state index contributed by atoms with van der Waals surface area (Å²) in [6.45, 7) is 5.60. The van der Waals surface area contributed by atoms with Gasteiger partial charge in [-0.2, -0.15) is 0 Å². The summed E-state index contributed by atoms with van der Waals surface area (Å²) in [5.74, 6) is 0.778. The number of nitrogens with zero attached hydrogens (tertiary/aromatic N) is 1. The molecule has 0 saturated carbocycles. The molecule has 0 aromatic carbocycles. The summed E-state index contributed by atoms with van der Waals surface area (Å²) in [6.07, 6.45) is 4.47. The average molecular weight is 204 g/mol. The van der Waals surface area contributed by atoms with Crippen molar-refractivity contribution in [2.45, 2.75) is 12.8 Å². The molecule has 1 saturated heterocycles. The van der Waals surface area contributed by atoms with Crippen LogP contribution < -0.4 is 5.32 Å². The predicted octanol–water partition coefficient (Wildman–Crippen LogP) is 0.0503. The van der Waals surface area contributed by atoms with E-state index in [1.165, 1.54) is 25.9 Å². The highest BCUT2D eigenvalue weighted by Crippen LogP contribution is 2.05. The zero-order valence-corrected chi connectivity index (χ0v) is 9.24. The van der Waals surface area contributed by atoms with Gasteiger partial charge in [0.1, 0.15) is 0 Å². The fourth-order valence-electron chi connectivity index (χ4n) is 1.58. The van der Waals surface area contributed by atoms with Gasteiger partial charge >= 0.3 is 0 Å². The quantitative estimate of drug-likeness (QED) is 0.621. The summed E-state index contributed by atoms with van der Waals surface area (Å²) in [6, 6.07) is 0. The molecule has 1 atom stereocenters. The van der Waals surface area contributed by atoms with Gasteiger partial charge in [-0.05, 0) is 25.9 Å². The minimum absolute atomic E-state index is 0.647. The van der Waals surface area contributed by atoms with Crippen LogP contribution >= 0.6 is 0 Å². The molecule has 0 bridgehead atoms. The Hall–Kier alpha value is 0.0700. The average Bonchev–Trinajstić information content (AvgIpc) is 2.55. The van der Waals surface area contributed by atoms with Crippen molar-refractivity contribution < 1.29 is 4.21 Å². The fraction of sp³-hybridized carbons (Fsp3) is 1.00. The molecule has 1 heterocycles. The van der Waals surface area contributed by atoms with E-state index in [4.69, 9.17) is 0 Å². The second kappa shape index (κ2) is 6.51. The molecule has 78 valence electrons. The second-order valence-corrected chi connectivity index (χ2v) is 5.13. The highest BCUT2D eigenvalue weighted by atomic mass is 32.2. The van der Waals surface area contributed by atoms with Crippen LogP contribution in [0.1, 0.15) is 12.8 Å². The van der Waals surface area contributed by atoms with E-state index in [1.807, 2.05) is 0 Å². The first-order valence-electron chi connectivity index (χ1n) is 5.02. The topological polar surface area (TPSA) is 32.3 Å². The molecule has 0 radical (unpaired) electrons. The maximum atomic E-state index is 10.7. The van der Waals surface area contributed by atoms with Gasteiger partial charge in [-0.1, -0.05) is 0 Å². The summed E-state index contributed by atoms with van der Waals surface area (Å²) in [4.78, 5) is 2.48. The summed E-state index contributed by atoms with van der Waals surface area (Å²) in [5.41, 5.74) is 0. The van der Waals surface area contributed by atoms with Crippen LogP contribution in [0.15, 0.2) is 0 Å². The van der Waals surface area contributed by atoms with Crippen molar-refractivity contribution in [2.24, 2.45) is 0 Å². The summed E-state index contributed by atoms with van der Waals surface area (Å²) < 4.78 is 10.7. The minimum Gasteiger partial charge on any atom is -0.315 e. The molecule has 3 nitrogen and oxygen atoms in total. The van der Waals surface area contributed by atoms with Crippen LogP contribution in [-0.2, 0) is 10.8 Å². The van der Waals surface area contributed by atoms with Gasteiger partial charge in [0.25, 0.3) is 0 Å². The smallest absolute Gasteiger partial charge is 0.0357 e. The molecule has 1 unspecified atom stereocenters. The van der Waals surface area contributed by atoms with Crippen LogP contribution in [0.4, 0.5) is 0 Å². The summed E-state index contributed by atoms with van der Waals surface area (Å²) in [7, 11) is -0.647. The van der Waals surface area contributed by atoms with Crippen molar-refractivity contribution in [1.29, 1.82) is 0 Å². The third kappa shape index (κ3) is 5.39. The SMILES string of the molecule is CS(=O)CCNCCN1CCCC1. The first-order chi connectivity index (χ1) is 6.29. The molecule has 1 rings (SSSR count). The summed E-state index contributed by atoms with van der Waals surface area (Å²) >= 11 is 0. The summed E-state index contributed by atoms with van der Waals surface area (Å²) in [5, 5.41) is 3.31. The van der Waals surface area contributed by atoms with E-state index < -0.39 is 10.8 Å². The number of hydrogen-bond acceptors (Lipinski definition) is 3. The zero-order chi connectivity index (χ0) is 9.52. The standard InChI is InChI=1S/C9H20N2OS/c1-13(12)9-5-10-4-8-11-6-2-3-7-11/h10H,2-9H2,1H3. The van der Waals surface area contributed by atoms with Gasteiger partial charge in [0, 0.05) is 42.4 Å². The number of nitrogens with one attached hydrogen (secondary N) is 1. The number of hydrogen-bond donors (Lipinski definition) is 1. The van der Waals surface area contributed by atoms with Crippen LogP contribution in [-0.4, -0.2) is 53.8 Å². The lowest BCUT2D eigenvalue weighted by molar-refractivity contribution is 0.337. The van der Waals surface area contributed by atoms with E-state index in [9.17, 15) is 4.21 Å². The highest BCUT2D eigenvalue weighted by Gasteiger charge is 2.09. The van der Waals surface area contributed by atoms with Crippen molar-refractivity contribution in [3.05, 3.63) is 0 Å². The Morgan fingerprint density at radius 1 is 1.31 bits per heavy atom. The molecule has 0 amide bonds. The minimum atomic E-state index is -0.647. The van der Waals surface area contributed by atoms with Gasteiger partial charge < -0.3 is 10.2 Å². The van der Waals surface area contributed by atoms with E-state index in [-0.39, 0.29) is 0 Å². The van der Waals surface area contributed by atoms with E-state index in [0.717, 1.165) is 25.4 Å². The Balaban J connectivity index is 1.86. The molecule has 1 N–H and O–H groups in total. The Morgan fingerprint density at radius 2 is 2.00 bits per heavy atom. The van der Waals surface area contributed by atoms with Gasteiger partial charge in [-0.3, -0.25) is 4.21 Å². The zero-order valence-electron chi connectivity index (χ0n) is 8.42. The Kier molecular flexibility index (Phi) is 5.58. The van der Waals surface area contributed by atoms with E-state index in [0.29, 0.717) is 0 Å². The molecule has 0 aliphatic carbocycles. The van der Waals surface area contributed by atoms with Crippen molar-refractivity contribution >= 4 is 10.8 Å². The fourth-order valence-corrected chi connectivity index (χ4v) is 2.02. The van der Waals surface area contributed by atoms with E-state index in [2.05, 4.69) is 10.2 Å². The molecule has 4 heteroatoms. The Labute approximate surface area is 83.3 Å². The van der Waals surface area contributed by atoms with E-state index in [1.54, 1.807) is 6.26 Å².